The standard InChI is InChI=1S/C35H39PSi/c1-2-3-13-26-37(35-18-11-6-12-19-35)27-24-31(25-28-37)29-30-20-22-34(23-21-30)36(32-14-7-4-8-15-32)33-16-9-5-10-17-33/h4-23,26,31H,2-3,24-25,27-29H2,1H3. The van der Waals surface area contributed by atoms with E-state index in [1.165, 1.54) is 65.7 Å². The first-order valence-corrected chi connectivity index (χ1v) is 17.8. The van der Waals surface area contributed by atoms with Crippen LogP contribution in [-0.2, 0) is 6.42 Å². The Morgan fingerprint density at radius 3 is 1.73 bits per heavy atom. The topological polar surface area (TPSA) is 0 Å². The second-order valence-electron chi connectivity index (χ2n) is 10.5. The molecule has 1 heterocycles. The second kappa shape index (κ2) is 12.7. The molecule has 188 valence electrons. The molecule has 0 aliphatic carbocycles. The summed E-state index contributed by atoms with van der Waals surface area (Å²) in [6.07, 6.45) is 8.89. The summed E-state index contributed by atoms with van der Waals surface area (Å²) in [5.74, 6) is 0.805. The van der Waals surface area contributed by atoms with Crippen molar-refractivity contribution in [3.63, 3.8) is 0 Å². The first-order chi connectivity index (χ1) is 18.3. The minimum Gasteiger partial charge on any atom is -0.0939 e. The van der Waals surface area contributed by atoms with Gasteiger partial charge in [-0.05, 0) is 60.2 Å². The number of hydrogen-bond donors (Lipinski definition) is 0. The molecule has 1 saturated heterocycles. The van der Waals surface area contributed by atoms with Crippen molar-refractivity contribution in [2.75, 3.05) is 0 Å². The summed E-state index contributed by atoms with van der Waals surface area (Å²) >= 11 is 0. The molecule has 1 fully saturated rings. The Bertz CT molecular complexity index is 1200. The maximum atomic E-state index is 2.69. The number of rotatable bonds is 9. The van der Waals surface area contributed by atoms with E-state index in [2.05, 4.69) is 134 Å². The van der Waals surface area contributed by atoms with Crippen LogP contribution in [0.1, 0.15) is 38.2 Å². The Kier molecular flexibility index (Phi) is 8.87. The quantitative estimate of drug-likeness (QED) is 0.158. The zero-order valence-corrected chi connectivity index (χ0v) is 24.0. The fourth-order valence-electron chi connectivity index (χ4n) is 5.91. The predicted molar refractivity (Wildman–Crippen MR) is 167 cm³/mol. The van der Waals surface area contributed by atoms with Gasteiger partial charge in [0, 0.05) is 0 Å². The van der Waals surface area contributed by atoms with Gasteiger partial charge in [-0.15, -0.1) is 0 Å². The molecule has 0 amide bonds. The average molecular weight is 519 g/mol. The van der Waals surface area contributed by atoms with E-state index in [1.54, 1.807) is 5.19 Å². The minimum absolute atomic E-state index is 0.526. The Balaban J connectivity index is 1.29. The van der Waals surface area contributed by atoms with E-state index < -0.39 is 16.0 Å². The van der Waals surface area contributed by atoms with Crippen molar-refractivity contribution in [1.29, 1.82) is 0 Å². The van der Waals surface area contributed by atoms with Gasteiger partial charge >= 0.3 is 0 Å². The van der Waals surface area contributed by atoms with Gasteiger partial charge in [-0.1, -0.05) is 158 Å². The van der Waals surface area contributed by atoms with E-state index in [0.717, 1.165) is 5.92 Å². The third-order valence-electron chi connectivity index (χ3n) is 7.99. The van der Waals surface area contributed by atoms with Gasteiger partial charge < -0.3 is 0 Å². The van der Waals surface area contributed by atoms with Crippen LogP contribution in [0, 0.1) is 5.92 Å². The van der Waals surface area contributed by atoms with E-state index >= 15 is 0 Å². The molecule has 0 bridgehead atoms. The zero-order chi connectivity index (χ0) is 25.3. The molecular weight excluding hydrogens is 479 g/mol. The van der Waals surface area contributed by atoms with Crippen molar-refractivity contribution in [3.8, 4) is 0 Å². The fraction of sp³-hybridized carbons (Fsp3) is 0.257. The van der Waals surface area contributed by atoms with Crippen LogP contribution >= 0.6 is 7.92 Å². The molecule has 1 aliphatic heterocycles. The van der Waals surface area contributed by atoms with Gasteiger partial charge in [-0.25, -0.2) is 0 Å². The molecule has 1 aliphatic rings. The SMILES string of the molecule is CCCC=C[Si]1(c2ccccc2)CCC(Cc2ccc(P(c3ccccc3)c3ccccc3)cc2)CC1. The van der Waals surface area contributed by atoms with Gasteiger partial charge in [0.1, 0.15) is 8.07 Å². The third-order valence-corrected chi connectivity index (χ3v) is 15.1. The number of benzene rings is 4. The molecule has 4 aromatic carbocycles. The fourth-order valence-corrected chi connectivity index (χ4v) is 12.9. The predicted octanol–water partition coefficient (Wildman–Crippen LogP) is 7.65. The molecule has 4 aromatic rings. The first-order valence-electron chi connectivity index (χ1n) is 14.0. The summed E-state index contributed by atoms with van der Waals surface area (Å²) in [7, 11) is -2.06. The molecule has 0 aromatic heterocycles. The van der Waals surface area contributed by atoms with Gasteiger partial charge in [-0.3, -0.25) is 0 Å². The summed E-state index contributed by atoms with van der Waals surface area (Å²) in [6, 6.07) is 45.9. The second-order valence-corrected chi connectivity index (χ2v) is 17.0. The van der Waals surface area contributed by atoms with Crippen LogP contribution in [-0.4, -0.2) is 8.07 Å². The Labute approximate surface area is 226 Å². The van der Waals surface area contributed by atoms with Crippen molar-refractivity contribution in [2.24, 2.45) is 5.92 Å². The van der Waals surface area contributed by atoms with Crippen molar-refractivity contribution in [1.82, 2.24) is 0 Å². The highest BCUT2D eigenvalue weighted by Gasteiger charge is 2.36. The lowest BCUT2D eigenvalue weighted by atomic mass is 9.94. The highest BCUT2D eigenvalue weighted by atomic mass is 31.1. The van der Waals surface area contributed by atoms with E-state index in [-0.39, 0.29) is 0 Å². The molecule has 0 unspecified atom stereocenters. The monoisotopic (exact) mass is 518 g/mol. The van der Waals surface area contributed by atoms with Crippen LogP contribution in [0.15, 0.2) is 127 Å². The smallest absolute Gasteiger partial charge is 0.0939 e. The van der Waals surface area contributed by atoms with Gasteiger partial charge in [-0.2, -0.15) is 0 Å². The number of allylic oxidation sites excluding steroid dienone is 1. The van der Waals surface area contributed by atoms with Gasteiger partial charge in [0.15, 0.2) is 0 Å². The van der Waals surface area contributed by atoms with Crippen LogP contribution in [0.25, 0.3) is 0 Å². The zero-order valence-electron chi connectivity index (χ0n) is 22.1. The van der Waals surface area contributed by atoms with Crippen molar-refractivity contribution in [3.05, 3.63) is 133 Å². The van der Waals surface area contributed by atoms with Crippen molar-refractivity contribution in [2.45, 2.75) is 51.1 Å². The summed E-state index contributed by atoms with van der Waals surface area (Å²) in [5.41, 5.74) is 4.19. The molecule has 37 heavy (non-hydrogen) atoms. The first kappa shape index (κ1) is 25.9. The highest BCUT2D eigenvalue weighted by molar-refractivity contribution is 7.79. The molecule has 0 nitrogen and oxygen atoms in total. The van der Waals surface area contributed by atoms with E-state index in [4.69, 9.17) is 0 Å². The van der Waals surface area contributed by atoms with Crippen molar-refractivity contribution >= 4 is 37.1 Å². The molecule has 0 atom stereocenters. The summed E-state index contributed by atoms with van der Waals surface area (Å²) in [5, 5.41) is 5.92. The Hall–Kier alpha value is -2.73. The number of hydrogen-bond acceptors (Lipinski definition) is 0. The lowest BCUT2D eigenvalue weighted by Crippen LogP contribution is -2.48. The normalized spacial score (nSPS) is 19.9. The summed E-state index contributed by atoms with van der Waals surface area (Å²) < 4.78 is 0. The largest absolute Gasteiger partial charge is 0.109 e. The Morgan fingerprint density at radius 2 is 1.19 bits per heavy atom. The van der Waals surface area contributed by atoms with Crippen LogP contribution in [0.4, 0.5) is 0 Å². The number of unbranched alkanes of at least 4 members (excludes halogenated alkanes) is 1. The molecule has 0 N–H and O–H groups in total. The van der Waals surface area contributed by atoms with Crippen LogP contribution < -0.4 is 21.1 Å². The molecule has 2 heteroatoms. The molecule has 0 saturated carbocycles. The minimum atomic E-state index is -1.53. The highest BCUT2D eigenvalue weighted by Crippen LogP contribution is 2.36. The molecule has 5 rings (SSSR count). The molecule has 0 radical (unpaired) electrons. The van der Waals surface area contributed by atoms with Gasteiger partial charge in [0.25, 0.3) is 0 Å². The van der Waals surface area contributed by atoms with Crippen LogP contribution in [0.5, 0.6) is 0 Å². The van der Waals surface area contributed by atoms with Crippen LogP contribution in [0.2, 0.25) is 12.1 Å². The van der Waals surface area contributed by atoms with E-state index in [0.29, 0.717) is 0 Å². The molecule has 0 spiro atoms. The van der Waals surface area contributed by atoms with E-state index in [1.807, 2.05) is 0 Å². The van der Waals surface area contributed by atoms with E-state index in [9.17, 15) is 0 Å². The summed E-state index contributed by atoms with van der Waals surface area (Å²) in [6.45, 7) is 2.28. The third kappa shape index (κ3) is 6.40. The maximum Gasteiger partial charge on any atom is 0.109 e. The lowest BCUT2D eigenvalue weighted by Gasteiger charge is -2.37. The van der Waals surface area contributed by atoms with Crippen molar-refractivity contribution < 1.29 is 0 Å². The Morgan fingerprint density at radius 1 is 0.676 bits per heavy atom. The van der Waals surface area contributed by atoms with Gasteiger partial charge in [0.2, 0.25) is 0 Å². The summed E-state index contributed by atoms with van der Waals surface area (Å²) in [4.78, 5) is 0. The lowest BCUT2D eigenvalue weighted by molar-refractivity contribution is 0.467. The molecular formula is C35H39PSi. The average Bonchev–Trinajstić information content (AvgIpc) is 2.97. The van der Waals surface area contributed by atoms with Crippen LogP contribution in [0.3, 0.4) is 0 Å². The van der Waals surface area contributed by atoms with Gasteiger partial charge in [0.05, 0.1) is 0 Å². The maximum absolute atomic E-state index is 2.69.